The fourth-order valence-corrected chi connectivity index (χ4v) is 2.79. The Bertz CT molecular complexity index is 927. The van der Waals surface area contributed by atoms with E-state index in [4.69, 9.17) is 0 Å². The summed E-state index contributed by atoms with van der Waals surface area (Å²) < 4.78 is 0. The number of hydrogen-bond donors (Lipinski definition) is 0. The molecule has 1 aliphatic rings. The first-order valence-electron chi connectivity index (χ1n) is 7.93. The molecule has 2 aromatic carbocycles. The Kier molecular flexibility index (Phi) is 3.61. The number of imide groups is 1. The monoisotopic (exact) mass is 333 g/mol. The number of carbonyl (C=O) groups is 2. The molecule has 0 saturated carbocycles. The molecule has 0 fully saturated rings. The number of carbonyl (C=O) groups excluding carboxylic acids is 2. The third kappa shape index (κ3) is 2.69. The number of hydrogen-bond acceptors (Lipinski definition) is 5. The average Bonchev–Trinajstić information content (AvgIpc) is 3.19. The molecule has 0 saturated heterocycles. The Morgan fingerprint density at radius 2 is 1.52 bits per heavy atom. The van der Waals surface area contributed by atoms with Crippen molar-refractivity contribution in [3.05, 3.63) is 65.2 Å². The van der Waals surface area contributed by atoms with E-state index in [1.54, 1.807) is 24.3 Å². The predicted octanol–water partition coefficient (Wildman–Crippen LogP) is 1.94. The molecule has 3 aromatic rings. The highest BCUT2D eigenvalue weighted by molar-refractivity contribution is 6.21. The Morgan fingerprint density at radius 3 is 2.16 bits per heavy atom. The minimum Gasteiger partial charge on any atom is -0.272 e. The molecular weight excluding hydrogens is 318 g/mol. The third-order valence-electron chi connectivity index (χ3n) is 4.16. The molecular formula is C18H15N5O2. The summed E-state index contributed by atoms with van der Waals surface area (Å²) in [5.41, 5.74) is 2.91. The van der Waals surface area contributed by atoms with Crippen molar-refractivity contribution >= 4 is 11.8 Å². The summed E-state index contributed by atoms with van der Waals surface area (Å²) in [7, 11) is 0. The van der Waals surface area contributed by atoms with Crippen molar-refractivity contribution in [1.29, 1.82) is 0 Å². The first kappa shape index (κ1) is 15.2. The molecule has 0 aliphatic carbocycles. The molecule has 25 heavy (non-hydrogen) atoms. The molecule has 0 spiro atoms. The second-order valence-corrected chi connectivity index (χ2v) is 5.88. The quantitative estimate of drug-likeness (QED) is 0.682. The number of aryl methyl sites for hydroxylation is 1. The number of nitrogens with zero attached hydrogens (tertiary/aromatic N) is 5. The summed E-state index contributed by atoms with van der Waals surface area (Å²) >= 11 is 0. The Balaban J connectivity index is 1.47. The number of tetrazole rings is 1. The van der Waals surface area contributed by atoms with E-state index < -0.39 is 0 Å². The van der Waals surface area contributed by atoms with Gasteiger partial charge in [-0.15, -0.1) is 10.2 Å². The van der Waals surface area contributed by atoms with Gasteiger partial charge < -0.3 is 0 Å². The van der Waals surface area contributed by atoms with E-state index in [2.05, 4.69) is 15.4 Å². The predicted molar refractivity (Wildman–Crippen MR) is 89.8 cm³/mol. The lowest BCUT2D eigenvalue weighted by atomic mass is 10.1. The van der Waals surface area contributed by atoms with Gasteiger partial charge >= 0.3 is 0 Å². The van der Waals surface area contributed by atoms with Crippen LogP contribution in [0.4, 0.5) is 0 Å². The zero-order chi connectivity index (χ0) is 17.4. The Labute approximate surface area is 143 Å². The lowest BCUT2D eigenvalue weighted by Gasteiger charge is -2.12. The van der Waals surface area contributed by atoms with E-state index in [1.807, 2.05) is 31.2 Å². The molecule has 0 unspecified atom stereocenters. The van der Waals surface area contributed by atoms with E-state index in [1.165, 1.54) is 9.70 Å². The summed E-state index contributed by atoms with van der Waals surface area (Å²) in [6.07, 6.45) is 0. The second-order valence-electron chi connectivity index (χ2n) is 5.88. The molecule has 2 heterocycles. The van der Waals surface area contributed by atoms with Gasteiger partial charge in [-0.05, 0) is 24.3 Å². The van der Waals surface area contributed by atoms with Crippen LogP contribution < -0.4 is 0 Å². The van der Waals surface area contributed by atoms with Crippen molar-refractivity contribution in [2.24, 2.45) is 0 Å². The van der Waals surface area contributed by atoms with E-state index in [9.17, 15) is 9.59 Å². The zero-order valence-corrected chi connectivity index (χ0v) is 13.6. The van der Waals surface area contributed by atoms with Gasteiger partial charge in [-0.2, -0.15) is 4.80 Å². The van der Waals surface area contributed by atoms with Gasteiger partial charge in [-0.3, -0.25) is 14.5 Å². The summed E-state index contributed by atoms with van der Waals surface area (Å²) in [5.74, 6) is -0.0405. The van der Waals surface area contributed by atoms with Crippen LogP contribution in [-0.2, 0) is 6.54 Å². The number of fused-ring (bicyclic) bond motifs is 1. The van der Waals surface area contributed by atoms with Crippen molar-refractivity contribution in [2.75, 3.05) is 6.54 Å². The van der Waals surface area contributed by atoms with Crippen molar-refractivity contribution in [3.8, 4) is 11.4 Å². The molecule has 124 valence electrons. The van der Waals surface area contributed by atoms with Gasteiger partial charge in [0.05, 0.1) is 24.2 Å². The van der Waals surface area contributed by atoms with Gasteiger partial charge in [-0.1, -0.05) is 42.0 Å². The topological polar surface area (TPSA) is 81.0 Å². The minimum absolute atomic E-state index is 0.204. The van der Waals surface area contributed by atoms with Crippen LogP contribution in [0, 0.1) is 6.92 Å². The van der Waals surface area contributed by atoms with Gasteiger partial charge in [0.25, 0.3) is 11.8 Å². The van der Waals surface area contributed by atoms with Gasteiger partial charge in [0.1, 0.15) is 0 Å². The van der Waals surface area contributed by atoms with Crippen LogP contribution in [0.1, 0.15) is 26.3 Å². The fraction of sp³-hybridized carbons (Fsp3) is 0.167. The molecule has 1 aliphatic heterocycles. The molecule has 0 atom stereocenters. The van der Waals surface area contributed by atoms with E-state index in [-0.39, 0.29) is 18.4 Å². The summed E-state index contributed by atoms with van der Waals surface area (Å²) in [4.78, 5) is 27.3. The van der Waals surface area contributed by atoms with Crippen LogP contribution in [0.3, 0.4) is 0 Å². The van der Waals surface area contributed by atoms with Gasteiger partial charge in [-0.25, -0.2) is 0 Å². The summed E-state index contributed by atoms with van der Waals surface area (Å²) in [5, 5.41) is 12.3. The van der Waals surface area contributed by atoms with Crippen molar-refractivity contribution in [2.45, 2.75) is 13.5 Å². The zero-order valence-electron chi connectivity index (χ0n) is 13.6. The second kappa shape index (κ2) is 5.94. The van der Waals surface area contributed by atoms with Crippen molar-refractivity contribution < 1.29 is 9.59 Å². The maximum Gasteiger partial charge on any atom is 0.261 e. The molecule has 2 amide bonds. The number of aromatic nitrogens is 4. The van der Waals surface area contributed by atoms with E-state index in [0.29, 0.717) is 23.5 Å². The summed E-state index contributed by atoms with van der Waals surface area (Å²) in [6, 6.07) is 14.7. The van der Waals surface area contributed by atoms with E-state index in [0.717, 1.165) is 11.1 Å². The first-order valence-corrected chi connectivity index (χ1v) is 7.93. The largest absolute Gasteiger partial charge is 0.272 e. The Hall–Kier alpha value is -3.35. The molecule has 0 N–H and O–H groups in total. The Morgan fingerprint density at radius 1 is 0.880 bits per heavy atom. The normalized spacial score (nSPS) is 13.4. The number of benzene rings is 2. The molecule has 1 aromatic heterocycles. The van der Waals surface area contributed by atoms with Crippen molar-refractivity contribution in [1.82, 2.24) is 25.1 Å². The maximum atomic E-state index is 12.3. The molecule has 7 nitrogen and oxygen atoms in total. The van der Waals surface area contributed by atoms with Crippen LogP contribution in [0.15, 0.2) is 48.5 Å². The lowest BCUT2D eigenvalue weighted by Crippen LogP contribution is -2.33. The lowest BCUT2D eigenvalue weighted by molar-refractivity contribution is 0.0645. The highest BCUT2D eigenvalue weighted by Gasteiger charge is 2.34. The van der Waals surface area contributed by atoms with E-state index >= 15 is 0 Å². The van der Waals surface area contributed by atoms with Crippen LogP contribution in [0.2, 0.25) is 0 Å². The first-order chi connectivity index (χ1) is 12.1. The highest BCUT2D eigenvalue weighted by atomic mass is 16.2. The number of amides is 2. The van der Waals surface area contributed by atoms with Crippen LogP contribution >= 0.6 is 0 Å². The minimum atomic E-state index is -0.278. The third-order valence-corrected chi connectivity index (χ3v) is 4.16. The average molecular weight is 333 g/mol. The molecule has 0 radical (unpaired) electrons. The van der Waals surface area contributed by atoms with Crippen molar-refractivity contribution in [3.63, 3.8) is 0 Å². The molecule has 7 heteroatoms. The summed E-state index contributed by atoms with van der Waals surface area (Å²) in [6.45, 7) is 2.51. The van der Waals surface area contributed by atoms with Crippen LogP contribution in [-0.4, -0.2) is 43.5 Å². The fourth-order valence-electron chi connectivity index (χ4n) is 2.79. The van der Waals surface area contributed by atoms with Crippen LogP contribution in [0.25, 0.3) is 11.4 Å². The van der Waals surface area contributed by atoms with Gasteiger partial charge in [0.2, 0.25) is 5.82 Å². The SMILES string of the molecule is Cc1ccc(-c2nnn(CCN3C(=O)c4ccccc4C3=O)n2)cc1. The van der Waals surface area contributed by atoms with Crippen LogP contribution in [0.5, 0.6) is 0 Å². The molecule has 4 rings (SSSR count). The standard InChI is InChI=1S/C18H15N5O2/c1-12-6-8-13(9-7-12)16-19-21-23(20-16)11-10-22-17(24)14-4-2-3-5-15(14)18(22)25/h2-9H,10-11H2,1H3. The van der Waals surface area contributed by atoms with Gasteiger partial charge in [0, 0.05) is 5.56 Å². The molecule has 0 bridgehead atoms. The number of rotatable bonds is 4. The highest BCUT2D eigenvalue weighted by Crippen LogP contribution is 2.22. The maximum absolute atomic E-state index is 12.3. The smallest absolute Gasteiger partial charge is 0.261 e. The van der Waals surface area contributed by atoms with Gasteiger partial charge in [0.15, 0.2) is 0 Å².